The Morgan fingerprint density at radius 2 is 1.69 bits per heavy atom. The van der Waals surface area contributed by atoms with Gasteiger partial charge in [-0.25, -0.2) is 4.57 Å². The van der Waals surface area contributed by atoms with Crippen LogP contribution in [0.25, 0.3) is 0 Å². The van der Waals surface area contributed by atoms with Gasteiger partial charge in [0.1, 0.15) is 0 Å². The maximum absolute atomic E-state index is 12.1. The Balaban J connectivity index is 2.53. The fourth-order valence-corrected chi connectivity index (χ4v) is 4.51. The first-order valence-corrected chi connectivity index (χ1v) is 8.41. The molecule has 0 fully saturated rings. The molecule has 0 saturated heterocycles. The van der Waals surface area contributed by atoms with Crippen LogP contribution in [0.5, 0.6) is 0 Å². The molecule has 0 amide bonds. The second-order valence-corrected chi connectivity index (χ2v) is 7.12. The van der Waals surface area contributed by atoms with Gasteiger partial charge < -0.3 is 9.05 Å². The molecule has 0 N–H and O–H groups in total. The first-order valence-electron chi connectivity index (χ1n) is 5.27. The van der Waals surface area contributed by atoms with Gasteiger partial charge in [0.25, 0.3) is 0 Å². The summed E-state index contributed by atoms with van der Waals surface area (Å²) in [5.74, 6) is 0.637. The summed E-state index contributed by atoms with van der Waals surface area (Å²) in [6.07, 6.45) is 0. The summed E-state index contributed by atoms with van der Waals surface area (Å²) < 4.78 is 22.5. The largest absolute Gasteiger partial charge is 0.389 e. The average Bonchev–Trinajstić information content (AvgIpc) is 2.29. The van der Waals surface area contributed by atoms with Crippen molar-refractivity contribution in [3.63, 3.8) is 0 Å². The molecule has 1 aromatic carbocycles. The first kappa shape index (κ1) is 13.8. The van der Waals surface area contributed by atoms with Crippen molar-refractivity contribution < 1.29 is 13.6 Å². The first-order chi connectivity index (χ1) is 7.70. The van der Waals surface area contributed by atoms with Crippen LogP contribution >= 0.6 is 18.2 Å². The van der Waals surface area contributed by atoms with E-state index in [2.05, 4.69) is 0 Å². The van der Waals surface area contributed by atoms with Crippen molar-refractivity contribution in [2.45, 2.75) is 19.6 Å². The fourth-order valence-electron chi connectivity index (χ4n) is 1.16. The van der Waals surface area contributed by atoms with Crippen molar-refractivity contribution in [3.05, 3.63) is 35.9 Å². The molecule has 1 aromatic rings. The van der Waals surface area contributed by atoms with Gasteiger partial charge in [0.2, 0.25) is 0 Å². The number of rotatable bonds is 7. The van der Waals surface area contributed by atoms with E-state index in [4.69, 9.17) is 9.05 Å². The summed E-state index contributed by atoms with van der Waals surface area (Å²) in [7, 11) is 0. The maximum atomic E-state index is 12.1. The lowest BCUT2D eigenvalue weighted by atomic mass is 10.2. The highest BCUT2D eigenvalue weighted by molar-refractivity contribution is 8.54. The molecule has 1 rings (SSSR count). The maximum Gasteiger partial charge on any atom is 0.389 e. The van der Waals surface area contributed by atoms with Gasteiger partial charge in [-0.2, -0.15) is 0 Å². The highest BCUT2D eigenvalue weighted by Crippen LogP contribution is 2.61. The van der Waals surface area contributed by atoms with E-state index in [1.807, 2.05) is 44.2 Å². The second-order valence-electron chi connectivity index (χ2n) is 3.04. The van der Waals surface area contributed by atoms with E-state index in [9.17, 15) is 4.57 Å². The van der Waals surface area contributed by atoms with Crippen LogP contribution in [-0.4, -0.2) is 13.2 Å². The van der Waals surface area contributed by atoms with Crippen molar-refractivity contribution in [1.82, 2.24) is 0 Å². The van der Waals surface area contributed by atoms with Crippen LogP contribution in [0, 0.1) is 0 Å². The predicted octanol–water partition coefficient (Wildman–Crippen LogP) is 4.10. The summed E-state index contributed by atoms with van der Waals surface area (Å²) in [5, 5.41) is 0. The summed E-state index contributed by atoms with van der Waals surface area (Å²) in [4.78, 5) is 0. The Kier molecular flexibility index (Phi) is 6.14. The zero-order valence-electron chi connectivity index (χ0n) is 9.59. The van der Waals surface area contributed by atoms with E-state index < -0.39 is 6.80 Å². The van der Waals surface area contributed by atoms with Crippen molar-refractivity contribution >= 4 is 18.2 Å². The third-order valence-corrected chi connectivity index (χ3v) is 5.70. The van der Waals surface area contributed by atoms with E-state index in [0.29, 0.717) is 19.0 Å². The van der Waals surface area contributed by atoms with Gasteiger partial charge in [-0.3, -0.25) is 0 Å². The van der Waals surface area contributed by atoms with Crippen LogP contribution in [0.4, 0.5) is 0 Å². The molecule has 0 bridgehead atoms. The Hall–Kier alpha value is -0.280. The lowest BCUT2D eigenvalue weighted by molar-refractivity contribution is 0.237. The molecule has 0 radical (unpaired) electrons. The lowest BCUT2D eigenvalue weighted by Gasteiger charge is -2.15. The van der Waals surface area contributed by atoms with Crippen molar-refractivity contribution in [2.75, 3.05) is 13.2 Å². The van der Waals surface area contributed by atoms with Crippen LogP contribution in [0.2, 0.25) is 0 Å². The summed E-state index contributed by atoms with van der Waals surface area (Å²) >= 11 is 1.24. The number of hydrogen-bond donors (Lipinski definition) is 0. The topological polar surface area (TPSA) is 35.5 Å². The van der Waals surface area contributed by atoms with Crippen LogP contribution in [-0.2, 0) is 19.4 Å². The van der Waals surface area contributed by atoms with Crippen molar-refractivity contribution in [1.29, 1.82) is 0 Å². The van der Waals surface area contributed by atoms with E-state index in [1.165, 1.54) is 11.4 Å². The van der Waals surface area contributed by atoms with Crippen molar-refractivity contribution in [3.8, 4) is 0 Å². The van der Waals surface area contributed by atoms with Gasteiger partial charge in [-0.05, 0) is 30.8 Å². The second kappa shape index (κ2) is 7.13. The smallest absolute Gasteiger partial charge is 0.301 e. The minimum Gasteiger partial charge on any atom is -0.301 e. The number of benzene rings is 1. The SMILES string of the molecule is CCOP(=O)(OCC)SCc1ccccc1. The van der Waals surface area contributed by atoms with Gasteiger partial charge >= 0.3 is 6.80 Å². The molecule has 0 saturated carbocycles. The van der Waals surface area contributed by atoms with Gasteiger partial charge in [0, 0.05) is 5.75 Å². The predicted molar refractivity (Wildman–Crippen MR) is 68.6 cm³/mol. The van der Waals surface area contributed by atoms with Gasteiger partial charge in [0.15, 0.2) is 0 Å². The quantitative estimate of drug-likeness (QED) is 0.691. The summed E-state index contributed by atoms with van der Waals surface area (Å²) in [6, 6.07) is 9.87. The molecule has 0 atom stereocenters. The molecule has 0 aromatic heterocycles. The van der Waals surface area contributed by atoms with Gasteiger partial charge in [-0.15, -0.1) is 0 Å². The average molecular weight is 260 g/mol. The molecule has 16 heavy (non-hydrogen) atoms. The summed E-state index contributed by atoms with van der Waals surface area (Å²) in [6.45, 7) is 1.46. The Morgan fingerprint density at radius 1 is 1.12 bits per heavy atom. The molecule has 0 aliphatic rings. The van der Waals surface area contributed by atoms with Crippen molar-refractivity contribution in [2.24, 2.45) is 0 Å². The molecule has 0 aliphatic carbocycles. The Labute approximate surface area is 101 Å². The molecule has 0 unspecified atom stereocenters. The van der Waals surface area contributed by atoms with E-state index in [-0.39, 0.29) is 0 Å². The highest BCUT2D eigenvalue weighted by atomic mass is 32.7. The van der Waals surface area contributed by atoms with E-state index >= 15 is 0 Å². The molecule has 0 aliphatic heterocycles. The molecule has 5 heteroatoms. The fraction of sp³-hybridized carbons (Fsp3) is 0.455. The standard InChI is InChI=1S/C11H17O3PS/c1-3-13-15(12,14-4-2)16-10-11-8-6-5-7-9-11/h5-9H,3-4,10H2,1-2H3. The molecule has 0 spiro atoms. The molecule has 3 nitrogen and oxygen atoms in total. The van der Waals surface area contributed by atoms with E-state index in [1.54, 1.807) is 0 Å². The third-order valence-electron chi connectivity index (χ3n) is 1.81. The zero-order valence-corrected chi connectivity index (χ0v) is 11.3. The molecular formula is C11H17O3PS. The third kappa shape index (κ3) is 4.71. The zero-order chi connectivity index (χ0) is 11.9. The molecule has 0 heterocycles. The van der Waals surface area contributed by atoms with Gasteiger partial charge in [-0.1, -0.05) is 30.3 Å². The Morgan fingerprint density at radius 3 is 2.19 bits per heavy atom. The Bertz CT molecular complexity index is 332. The molecule has 90 valence electrons. The lowest BCUT2D eigenvalue weighted by Crippen LogP contribution is -1.93. The minimum atomic E-state index is -2.97. The minimum absolute atomic E-state index is 0.402. The number of hydrogen-bond acceptors (Lipinski definition) is 4. The summed E-state index contributed by atoms with van der Waals surface area (Å²) in [5.41, 5.74) is 1.12. The van der Waals surface area contributed by atoms with Crippen LogP contribution in [0.1, 0.15) is 19.4 Å². The normalized spacial score (nSPS) is 11.6. The van der Waals surface area contributed by atoms with E-state index in [0.717, 1.165) is 5.56 Å². The van der Waals surface area contributed by atoms with Crippen LogP contribution in [0.3, 0.4) is 0 Å². The monoisotopic (exact) mass is 260 g/mol. The van der Waals surface area contributed by atoms with Crippen LogP contribution < -0.4 is 0 Å². The van der Waals surface area contributed by atoms with Crippen LogP contribution in [0.15, 0.2) is 30.3 Å². The molecular weight excluding hydrogens is 243 g/mol. The highest BCUT2D eigenvalue weighted by Gasteiger charge is 2.24. The van der Waals surface area contributed by atoms with Gasteiger partial charge in [0.05, 0.1) is 13.2 Å².